The molecular formula is C31H38N4O3. The van der Waals surface area contributed by atoms with Crippen LogP contribution < -0.4 is 16.3 Å². The second-order valence-corrected chi connectivity index (χ2v) is 10.8. The minimum Gasteiger partial charge on any atom is -0.490 e. The van der Waals surface area contributed by atoms with Crippen molar-refractivity contribution in [1.29, 1.82) is 0 Å². The van der Waals surface area contributed by atoms with Crippen LogP contribution in [0.1, 0.15) is 67.4 Å². The number of carbonyl (C=O) groups is 1. The summed E-state index contributed by atoms with van der Waals surface area (Å²) in [6.45, 7) is 2.19. The molecule has 0 amide bonds. The van der Waals surface area contributed by atoms with E-state index in [2.05, 4.69) is 31.2 Å². The summed E-state index contributed by atoms with van der Waals surface area (Å²) in [4.78, 5) is 12.1. The predicted octanol–water partition coefficient (Wildman–Crippen LogP) is 5.90. The van der Waals surface area contributed by atoms with Crippen LogP contribution in [0.5, 0.6) is 5.75 Å². The Morgan fingerprint density at radius 3 is 2.53 bits per heavy atom. The molecule has 200 valence electrons. The number of ether oxygens (including phenoxy) is 1. The highest BCUT2D eigenvalue weighted by atomic mass is 16.5. The number of allylic oxidation sites excluding steroid dienone is 1. The van der Waals surface area contributed by atoms with E-state index in [0.29, 0.717) is 17.2 Å². The number of aromatic nitrogens is 1. The van der Waals surface area contributed by atoms with Crippen LogP contribution in [0.15, 0.2) is 72.7 Å². The van der Waals surface area contributed by atoms with E-state index in [9.17, 15) is 9.90 Å². The van der Waals surface area contributed by atoms with Crippen molar-refractivity contribution in [3.05, 3.63) is 83.9 Å². The Kier molecular flexibility index (Phi) is 7.47. The monoisotopic (exact) mass is 514 g/mol. The Morgan fingerprint density at radius 1 is 1.11 bits per heavy atom. The molecule has 2 aromatic carbocycles. The lowest BCUT2D eigenvalue weighted by molar-refractivity contribution is 0.0695. The fraction of sp³-hybridized carbons (Fsp3) is 0.387. The van der Waals surface area contributed by atoms with Gasteiger partial charge < -0.3 is 25.2 Å². The van der Waals surface area contributed by atoms with Gasteiger partial charge in [-0.25, -0.2) is 10.6 Å². The number of rotatable bonds is 9. The summed E-state index contributed by atoms with van der Waals surface area (Å²) in [7, 11) is 1.72. The standard InChI is InChI=1S/C31H38N4O3/c1-20(21-8-4-3-5-9-21)38-25-13-7-11-23(17-25)22-10-6-12-24(16-22)35-15-14-26(31(36)37)30(35)28-18-27(28)29(32)19-34(2)33/h6-7,10-17,19-21,27-28H,3-5,8-9,18,32-33H2,1-2H3,(H,36,37)/b29-19-/t20?,27?,28-/m1/s1. The van der Waals surface area contributed by atoms with Gasteiger partial charge in [-0.1, -0.05) is 43.5 Å². The lowest BCUT2D eigenvalue weighted by Gasteiger charge is -2.28. The largest absolute Gasteiger partial charge is 0.490 e. The van der Waals surface area contributed by atoms with Gasteiger partial charge >= 0.3 is 5.97 Å². The molecule has 2 fully saturated rings. The van der Waals surface area contributed by atoms with Crippen LogP contribution in [-0.2, 0) is 0 Å². The molecule has 5 N–H and O–H groups in total. The molecule has 2 aliphatic rings. The Balaban J connectivity index is 1.41. The molecule has 5 rings (SSSR count). The zero-order valence-corrected chi connectivity index (χ0v) is 22.2. The number of carboxylic acids is 1. The topological polar surface area (TPSA) is 107 Å². The van der Waals surface area contributed by atoms with Gasteiger partial charge in [-0.15, -0.1) is 0 Å². The summed E-state index contributed by atoms with van der Waals surface area (Å²) in [5, 5.41) is 11.3. The molecule has 1 aromatic heterocycles. The van der Waals surface area contributed by atoms with E-state index in [1.807, 2.05) is 35.0 Å². The third-order valence-electron chi connectivity index (χ3n) is 8.01. The SMILES string of the molecule is CC(Oc1cccc(-c2cccc(-n3ccc(C(=O)O)c3[C@@H]3CC3/C(N)=C/N(C)N)c2)c1)C1CCCCC1. The zero-order chi connectivity index (χ0) is 26.8. The zero-order valence-electron chi connectivity index (χ0n) is 22.2. The van der Waals surface area contributed by atoms with Crippen LogP contribution in [0.3, 0.4) is 0 Å². The predicted molar refractivity (Wildman–Crippen MR) is 150 cm³/mol. The van der Waals surface area contributed by atoms with Crippen molar-refractivity contribution in [2.24, 2.45) is 23.4 Å². The highest BCUT2D eigenvalue weighted by molar-refractivity contribution is 5.90. The van der Waals surface area contributed by atoms with Crippen molar-refractivity contribution in [2.45, 2.75) is 57.5 Å². The molecule has 0 spiro atoms. The van der Waals surface area contributed by atoms with Crippen molar-refractivity contribution in [1.82, 2.24) is 9.58 Å². The van der Waals surface area contributed by atoms with Crippen LogP contribution in [0.4, 0.5) is 0 Å². The van der Waals surface area contributed by atoms with Gasteiger partial charge in [0.25, 0.3) is 0 Å². The van der Waals surface area contributed by atoms with Gasteiger partial charge in [-0.2, -0.15) is 0 Å². The van der Waals surface area contributed by atoms with Crippen molar-refractivity contribution in [2.75, 3.05) is 7.05 Å². The van der Waals surface area contributed by atoms with Gasteiger partial charge in [0.05, 0.1) is 11.7 Å². The van der Waals surface area contributed by atoms with E-state index in [1.54, 1.807) is 19.3 Å². The molecule has 7 heteroatoms. The molecule has 0 bridgehead atoms. The first kappa shape index (κ1) is 25.9. The van der Waals surface area contributed by atoms with Crippen LogP contribution in [-0.4, -0.2) is 33.8 Å². The molecule has 3 aromatic rings. The van der Waals surface area contributed by atoms with E-state index < -0.39 is 5.97 Å². The molecule has 2 aliphatic carbocycles. The molecule has 0 aliphatic heterocycles. The lowest BCUT2D eigenvalue weighted by atomic mass is 9.86. The Morgan fingerprint density at radius 2 is 1.82 bits per heavy atom. The highest BCUT2D eigenvalue weighted by Crippen LogP contribution is 2.52. The average Bonchev–Trinajstić information content (AvgIpc) is 3.58. The lowest BCUT2D eigenvalue weighted by Crippen LogP contribution is -2.25. The molecule has 0 saturated heterocycles. The first-order valence-electron chi connectivity index (χ1n) is 13.6. The second kappa shape index (κ2) is 11.0. The van der Waals surface area contributed by atoms with Gasteiger partial charge in [0.15, 0.2) is 0 Å². The molecule has 7 nitrogen and oxygen atoms in total. The molecule has 0 radical (unpaired) electrons. The van der Waals surface area contributed by atoms with Crippen molar-refractivity contribution >= 4 is 5.97 Å². The summed E-state index contributed by atoms with van der Waals surface area (Å²) >= 11 is 0. The van der Waals surface area contributed by atoms with Crippen LogP contribution >= 0.6 is 0 Å². The maximum Gasteiger partial charge on any atom is 0.337 e. The summed E-state index contributed by atoms with van der Waals surface area (Å²) in [6.07, 6.45) is 10.9. The van der Waals surface area contributed by atoms with E-state index in [1.165, 1.54) is 37.1 Å². The number of carboxylic acid groups (broad SMARTS) is 1. The van der Waals surface area contributed by atoms with Gasteiger partial charge in [0.2, 0.25) is 0 Å². The number of nitrogens with zero attached hydrogens (tertiary/aromatic N) is 2. The van der Waals surface area contributed by atoms with E-state index in [0.717, 1.165) is 34.7 Å². The molecular weight excluding hydrogens is 476 g/mol. The number of aromatic carboxylic acids is 1. The highest BCUT2D eigenvalue weighted by Gasteiger charge is 2.44. The number of hydrogen-bond donors (Lipinski definition) is 3. The van der Waals surface area contributed by atoms with Crippen molar-refractivity contribution in [3.63, 3.8) is 0 Å². The summed E-state index contributed by atoms with van der Waals surface area (Å²) in [5.41, 5.74) is 11.0. The summed E-state index contributed by atoms with van der Waals surface area (Å²) in [6, 6.07) is 18.1. The maximum absolute atomic E-state index is 12.1. The molecule has 38 heavy (non-hydrogen) atoms. The van der Waals surface area contributed by atoms with Crippen LogP contribution in [0.25, 0.3) is 16.8 Å². The number of hydrazine groups is 1. The normalized spacial score (nSPS) is 20.7. The van der Waals surface area contributed by atoms with Crippen LogP contribution in [0.2, 0.25) is 0 Å². The minimum absolute atomic E-state index is 0.0222. The molecule has 2 saturated carbocycles. The third kappa shape index (κ3) is 5.58. The summed E-state index contributed by atoms with van der Waals surface area (Å²) < 4.78 is 8.37. The number of nitrogens with two attached hydrogens (primary N) is 2. The van der Waals surface area contributed by atoms with Crippen molar-refractivity contribution in [3.8, 4) is 22.6 Å². The van der Waals surface area contributed by atoms with E-state index in [4.69, 9.17) is 16.3 Å². The van der Waals surface area contributed by atoms with Gasteiger partial charge in [-0.05, 0) is 73.6 Å². The quantitative estimate of drug-likeness (QED) is 0.242. The van der Waals surface area contributed by atoms with Crippen molar-refractivity contribution < 1.29 is 14.6 Å². The average molecular weight is 515 g/mol. The maximum atomic E-state index is 12.1. The first-order valence-corrected chi connectivity index (χ1v) is 13.6. The fourth-order valence-corrected chi connectivity index (χ4v) is 5.92. The Bertz CT molecular complexity index is 1320. The molecule has 3 atom stereocenters. The Hall–Kier alpha value is -3.71. The number of hydrogen-bond acceptors (Lipinski definition) is 5. The van der Waals surface area contributed by atoms with Gasteiger partial charge in [0.1, 0.15) is 5.75 Å². The van der Waals surface area contributed by atoms with Gasteiger partial charge in [0, 0.05) is 48.4 Å². The second-order valence-electron chi connectivity index (χ2n) is 10.8. The smallest absolute Gasteiger partial charge is 0.337 e. The minimum atomic E-state index is -0.934. The van der Waals surface area contributed by atoms with Crippen LogP contribution in [0, 0.1) is 11.8 Å². The van der Waals surface area contributed by atoms with Gasteiger partial charge in [-0.3, -0.25) is 0 Å². The third-order valence-corrected chi connectivity index (χ3v) is 8.01. The first-order chi connectivity index (χ1) is 18.3. The molecule has 2 unspecified atom stereocenters. The van der Waals surface area contributed by atoms with E-state index in [-0.39, 0.29) is 17.9 Å². The number of benzene rings is 2. The summed E-state index contributed by atoms with van der Waals surface area (Å²) in [5.74, 6) is 6.39. The molecule has 1 heterocycles. The van der Waals surface area contributed by atoms with E-state index >= 15 is 0 Å². The fourth-order valence-electron chi connectivity index (χ4n) is 5.92. The Labute approximate surface area is 224 Å².